The van der Waals surface area contributed by atoms with Crippen molar-refractivity contribution in [2.24, 2.45) is 14.1 Å². The first-order chi connectivity index (χ1) is 14.8. The summed E-state index contributed by atoms with van der Waals surface area (Å²) in [7, 11) is -2.59. The van der Waals surface area contributed by atoms with Crippen molar-refractivity contribution < 1.29 is 30.9 Å². The molecule has 0 atom stereocenters. The molecule has 32 heavy (non-hydrogen) atoms. The highest BCUT2D eigenvalue weighted by atomic mass is 32.2. The molecule has 3 heterocycles. The number of carbonyl (C=O) groups excluding carboxylic acids is 1. The predicted octanol–water partition coefficient (Wildman–Crippen LogP) is -0.347. The number of amides is 1. The quantitative estimate of drug-likeness (QED) is 0.381. The van der Waals surface area contributed by atoms with Gasteiger partial charge in [-0.15, -0.1) is 0 Å². The van der Waals surface area contributed by atoms with Gasteiger partial charge in [0.15, 0.2) is 11.2 Å². The maximum atomic E-state index is 12.5. The molecule has 12 nitrogen and oxygen atoms in total. The van der Waals surface area contributed by atoms with E-state index in [1.165, 1.54) is 17.1 Å². The molecule has 3 aromatic rings. The fourth-order valence-corrected chi connectivity index (χ4v) is 2.47. The molecule has 0 aliphatic heterocycles. The van der Waals surface area contributed by atoms with Crippen molar-refractivity contribution in [1.29, 1.82) is 0 Å². The first kappa shape index (κ1) is 24.7. The summed E-state index contributed by atoms with van der Waals surface area (Å²) in [4.78, 5) is 44.7. The van der Waals surface area contributed by atoms with E-state index in [4.69, 9.17) is 13.0 Å². The zero-order chi connectivity index (χ0) is 24.3. The molecule has 3 rings (SSSR count). The lowest BCUT2D eigenvalue weighted by atomic mass is 10.3. The molecule has 0 bridgehead atoms. The topological polar surface area (TPSA) is 158 Å². The molecule has 16 heteroatoms. The lowest BCUT2D eigenvalue weighted by Gasteiger charge is -2.09. The normalized spacial score (nSPS) is 11.7. The number of nitrogens with zero attached hydrogens (tertiary/aromatic N) is 5. The molecule has 0 fully saturated rings. The molecule has 0 radical (unpaired) electrons. The Kier molecular flexibility index (Phi) is 7.20. The predicted molar refractivity (Wildman–Crippen MR) is 104 cm³/mol. The minimum atomic E-state index is -5.84. The number of fused-ring (bicyclic) bond motifs is 1. The molecule has 2 N–H and O–H groups in total. The number of aromatic nitrogens is 5. The van der Waals surface area contributed by atoms with Gasteiger partial charge in [-0.05, 0) is 12.1 Å². The van der Waals surface area contributed by atoms with E-state index in [0.29, 0.717) is 16.7 Å². The molecular formula is C16H17F3N6O6S. The highest BCUT2D eigenvalue weighted by molar-refractivity contribution is 7.86. The summed E-state index contributed by atoms with van der Waals surface area (Å²) in [6.07, 6.45) is 4.51. The van der Waals surface area contributed by atoms with Crippen LogP contribution >= 0.6 is 0 Å². The number of alkyl halides is 3. The van der Waals surface area contributed by atoms with Crippen molar-refractivity contribution in [2.75, 3.05) is 6.54 Å². The smallest absolute Gasteiger partial charge is 0.350 e. The first-order valence-corrected chi connectivity index (χ1v) is 10.0. The number of pyridine rings is 1. The lowest BCUT2D eigenvalue weighted by Crippen LogP contribution is -2.42. The summed E-state index contributed by atoms with van der Waals surface area (Å²) in [5, 5.41) is 2.67. The first-order valence-electron chi connectivity index (χ1n) is 8.58. The molecule has 0 aliphatic carbocycles. The van der Waals surface area contributed by atoms with Gasteiger partial charge in [0.2, 0.25) is 0 Å². The van der Waals surface area contributed by atoms with Crippen LogP contribution in [0.25, 0.3) is 11.2 Å². The van der Waals surface area contributed by atoms with Crippen LogP contribution in [0.5, 0.6) is 0 Å². The van der Waals surface area contributed by atoms with Crippen LogP contribution in [0, 0.1) is 0 Å². The van der Waals surface area contributed by atoms with E-state index in [1.54, 1.807) is 37.0 Å². The molecule has 1 amide bonds. The number of hydrogen-bond donors (Lipinski definition) is 2. The number of nitrogens with one attached hydrogen (secondary N) is 1. The summed E-state index contributed by atoms with van der Waals surface area (Å²) < 4.78 is 61.5. The van der Waals surface area contributed by atoms with Crippen molar-refractivity contribution >= 4 is 27.2 Å². The number of halogens is 3. The van der Waals surface area contributed by atoms with Gasteiger partial charge >= 0.3 is 21.3 Å². The Balaban J connectivity index is 0.000000390. The van der Waals surface area contributed by atoms with E-state index in [-0.39, 0.29) is 19.0 Å². The van der Waals surface area contributed by atoms with Crippen LogP contribution in [0.15, 0.2) is 40.4 Å². The van der Waals surface area contributed by atoms with Crippen LogP contribution in [0.3, 0.4) is 0 Å². The third-order valence-electron chi connectivity index (χ3n) is 4.04. The van der Waals surface area contributed by atoms with Crippen molar-refractivity contribution in [3.63, 3.8) is 0 Å². The van der Waals surface area contributed by atoms with E-state index in [9.17, 15) is 27.6 Å². The second-order valence-electron chi connectivity index (χ2n) is 6.24. The Bertz CT molecular complexity index is 1340. The maximum Gasteiger partial charge on any atom is 0.522 e. The van der Waals surface area contributed by atoms with Crippen molar-refractivity contribution in [3.05, 3.63) is 57.3 Å². The number of rotatable bonds is 4. The number of imidazole rings is 1. The van der Waals surface area contributed by atoms with E-state index in [0.717, 1.165) is 4.57 Å². The second-order valence-corrected chi connectivity index (χ2v) is 7.66. The molecule has 0 spiro atoms. The van der Waals surface area contributed by atoms with E-state index in [1.807, 2.05) is 0 Å². The molecule has 0 unspecified atom stereocenters. The summed E-state index contributed by atoms with van der Waals surface area (Å²) >= 11 is 0. The molecule has 174 valence electrons. The fraction of sp³-hybridized carbons (Fsp3) is 0.312. The molecule has 0 aromatic carbocycles. The Labute approximate surface area is 177 Å². The van der Waals surface area contributed by atoms with Crippen LogP contribution in [-0.2, 0) is 30.8 Å². The minimum absolute atomic E-state index is 0.0681. The summed E-state index contributed by atoms with van der Waals surface area (Å²) in [6.45, 7) is 0.213. The Hall–Kier alpha value is -3.53. The third-order valence-corrected chi connectivity index (χ3v) is 4.62. The zero-order valence-corrected chi connectivity index (χ0v) is 17.4. The van der Waals surface area contributed by atoms with E-state index >= 15 is 0 Å². The second kappa shape index (κ2) is 9.31. The van der Waals surface area contributed by atoms with Gasteiger partial charge in [0.05, 0.1) is 11.9 Å². The molecule has 0 saturated heterocycles. The van der Waals surface area contributed by atoms with Crippen molar-refractivity contribution in [1.82, 2.24) is 29.0 Å². The van der Waals surface area contributed by atoms with Gasteiger partial charge in [0, 0.05) is 39.6 Å². The van der Waals surface area contributed by atoms with Crippen molar-refractivity contribution in [2.45, 2.75) is 12.1 Å². The number of aryl methyl sites for hydroxylation is 2. The highest BCUT2D eigenvalue weighted by Crippen LogP contribution is 2.20. The van der Waals surface area contributed by atoms with Crippen LogP contribution in [-0.4, -0.2) is 54.6 Å². The summed E-state index contributed by atoms with van der Waals surface area (Å²) in [5.74, 6) is -0.311. The molecule has 3 aromatic heterocycles. The SMILES string of the molecule is Cn1cnc2c1c(=O)n(CCNC(=O)c1cccnc1)c(=O)n2C.O=S(=O)(O)C(F)(F)F. The average Bonchev–Trinajstić information content (AvgIpc) is 3.10. The fourth-order valence-electron chi connectivity index (χ4n) is 2.47. The molecule has 0 aliphatic rings. The minimum Gasteiger partial charge on any atom is -0.350 e. The summed E-state index contributed by atoms with van der Waals surface area (Å²) in [5.41, 5.74) is -5.34. The van der Waals surface area contributed by atoms with Crippen LogP contribution < -0.4 is 16.6 Å². The molecule has 0 saturated carbocycles. The van der Waals surface area contributed by atoms with Gasteiger partial charge in [0.25, 0.3) is 11.5 Å². The largest absolute Gasteiger partial charge is 0.522 e. The molecular weight excluding hydrogens is 461 g/mol. The van der Waals surface area contributed by atoms with Crippen LogP contribution in [0.2, 0.25) is 0 Å². The Morgan fingerprint density at radius 1 is 1.25 bits per heavy atom. The standard InChI is InChI=1S/C15H16N6O3.CHF3O3S/c1-19-9-18-12-11(19)14(23)21(15(24)20(12)2)7-6-17-13(22)10-4-3-5-16-8-10;2-1(3,4)8(5,6)7/h3-5,8-9H,6-7H2,1-2H3,(H,17,22);(H,5,6,7). The van der Waals surface area contributed by atoms with Gasteiger partial charge in [-0.3, -0.25) is 28.3 Å². The monoisotopic (exact) mass is 478 g/mol. The van der Waals surface area contributed by atoms with Gasteiger partial charge in [-0.2, -0.15) is 21.6 Å². The maximum absolute atomic E-state index is 12.5. The highest BCUT2D eigenvalue weighted by Gasteiger charge is 2.44. The van der Waals surface area contributed by atoms with E-state index < -0.39 is 26.9 Å². The van der Waals surface area contributed by atoms with Crippen LogP contribution in [0.1, 0.15) is 10.4 Å². The lowest BCUT2D eigenvalue weighted by molar-refractivity contribution is -0.0510. The van der Waals surface area contributed by atoms with Crippen molar-refractivity contribution in [3.8, 4) is 0 Å². The van der Waals surface area contributed by atoms with Gasteiger partial charge in [0.1, 0.15) is 0 Å². The van der Waals surface area contributed by atoms with Gasteiger partial charge < -0.3 is 9.88 Å². The zero-order valence-electron chi connectivity index (χ0n) is 16.6. The van der Waals surface area contributed by atoms with Crippen LogP contribution in [0.4, 0.5) is 13.2 Å². The van der Waals surface area contributed by atoms with Gasteiger partial charge in [-0.25, -0.2) is 9.78 Å². The average molecular weight is 478 g/mol. The summed E-state index contributed by atoms with van der Waals surface area (Å²) in [6, 6.07) is 3.29. The Morgan fingerprint density at radius 3 is 2.41 bits per heavy atom. The third kappa shape index (κ3) is 5.38. The number of carbonyl (C=O) groups is 1. The Morgan fingerprint density at radius 2 is 1.88 bits per heavy atom. The van der Waals surface area contributed by atoms with E-state index in [2.05, 4.69) is 15.3 Å². The van der Waals surface area contributed by atoms with Gasteiger partial charge in [-0.1, -0.05) is 0 Å². The number of hydrogen-bond acceptors (Lipinski definition) is 7.